The molecular weight excluding hydrogens is 270 g/mol. The Labute approximate surface area is 122 Å². The van der Waals surface area contributed by atoms with Crippen LogP contribution in [0.4, 0.5) is 0 Å². The van der Waals surface area contributed by atoms with Crippen molar-refractivity contribution >= 4 is 16.9 Å². The Hall–Kier alpha value is -2.37. The summed E-state index contributed by atoms with van der Waals surface area (Å²) in [6, 6.07) is 7.17. The number of hydrogen-bond acceptors (Lipinski definition) is 3. The molecule has 0 saturated carbocycles. The largest absolute Gasteiger partial charge is 0.356 e. The molecule has 0 unspecified atom stereocenters. The quantitative estimate of drug-likeness (QED) is 0.820. The zero-order valence-electron chi connectivity index (χ0n) is 12.3. The highest BCUT2D eigenvalue weighted by molar-refractivity contribution is 5.77. The lowest BCUT2D eigenvalue weighted by atomic mass is 10.2. The van der Waals surface area contributed by atoms with Crippen molar-refractivity contribution in [1.29, 1.82) is 0 Å². The zero-order chi connectivity index (χ0) is 15.4. The first-order valence-corrected chi connectivity index (χ1v) is 7.01. The van der Waals surface area contributed by atoms with E-state index in [0.29, 0.717) is 17.6 Å². The summed E-state index contributed by atoms with van der Waals surface area (Å²) in [6.07, 6.45) is 1.04. The van der Waals surface area contributed by atoms with E-state index < -0.39 is 11.1 Å². The number of aryl methyl sites for hydroxylation is 2. The Morgan fingerprint density at radius 3 is 2.48 bits per heavy atom. The third-order valence-electron chi connectivity index (χ3n) is 3.40. The number of aromatic nitrogens is 2. The molecule has 0 aliphatic heterocycles. The number of rotatable bonds is 5. The molecule has 1 aromatic heterocycles. The normalized spacial score (nSPS) is 10.8. The van der Waals surface area contributed by atoms with Crippen LogP contribution in [0, 0.1) is 0 Å². The van der Waals surface area contributed by atoms with Crippen LogP contribution in [0.1, 0.15) is 19.8 Å². The molecule has 0 saturated heterocycles. The third-order valence-corrected chi connectivity index (χ3v) is 3.40. The SMILES string of the molecule is CCCNC(=O)CCn1c(=O)c(=O)n(C)c2ccccc21. The Kier molecular flexibility index (Phi) is 4.57. The highest BCUT2D eigenvalue weighted by Crippen LogP contribution is 2.09. The number of benzene rings is 1. The van der Waals surface area contributed by atoms with Gasteiger partial charge >= 0.3 is 11.1 Å². The van der Waals surface area contributed by atoms with Crippen molar-refractivity contribution in [2.24, 2.45) is 7.05 Å². The molecule has 0 spiro atoms. The summed E-state index contributed by atoms with van der Waals surface area (Å²) >= 11 is 0. The molecule has 0 fully saturated rings. The molecule has 1 aromatic carbocycles. The molecule has 1 N–H and O–H groups in total. The first kappa shape index (κ1) is 15.0. The van der Waals surface area contributed by atoms with Gasteiger partial charge in [0.05, 0.1) is 11.0 Å². The van der Waals surface area contributed by atoms with E-state index in [4.69, 9.17) is 0 Å². The number of hydrogen-bond donors (Lipinski definition) is 1. The Morgan fingerprint density at radius 2 is 1.81 bits per heavy atom. The molecule has 0 bridgehead atoms. The average Bonchev–Trinajstić information content (AvgIpc) is 2.50. The molecule has 1 heterocycles. The van der Waals surface area contributed by atoms with E-state index >= 15 is 0 Å². The van der Waals surface area contributed by atoms with Gasteiger partial charge < -0.3 is 14.5 Å². The summed E-state index contributed by atoms with van der Waals surface area (Å²) in [7, 11) is 1.57. The van der Waals surface area contributed by atoms with E-state index in [1.165, 1.54) is 9.13 Å². The van der Waals surface area contributed by atoms with E-state index in [0.717, 1.165) is 6.42 Å². The molecule has 112 valence electrons. The van der Waals surface area contributed by atoms with Gasteiger partial charge in [-0.3, -0.25) is 14.4 Å². The predicted octanol–water partition coefficient (Wildman–Crippen LogP) is 0.616. The molecule has 2 rings (SSSR count). The van der Waals surface area contributed by atoms with Crippen molar-refractivity contribution in [1.82, 2.24) is 14.5 Å². The van der Waals surface area contributed by atoms with Crippen LogP contribution >= 0.6 is 0 Å². The molecule has 21 heavy (non-hydrogen) atoms. The zero-order valence-corrected chi connectivity index (χ0v) is 12.3. The van der Waals surface area contributed by atoms with Crippen LogP contribution in [0.5, 0.6) is 0 Å². The average molecular weight is 289 g/mol. The molecule has 6 nitrogen and oxygen atoms in total. The molecule has 1 amide bonds. The van der Waals surface area contributed by atoms with Crippen LogP contribution in [0.15, 0.2) is 33.9 Å². The van der Waals surface area contributed by atoms with Gasteiger partial charge in [0, 0.05) is 26.6 Å². The number of fused-ring (bicyclic) bond motifs is 1. The van der Waals surface area contributed by atoms with Crippen LogP contribution in [-0.2, 0) is 18.4 Å². The van der Waals surface area contributed by atoms with E-state index in [1.807, 2.05) is 13.0 Å². The molecule has 6 heteroatoms. The Bertz CT molecular complexity index is 774. The van der Waals surface area contributed by atoms with Gasteiger partial charge in [-0.1, -0.05) is 19.1 Å². The van der Waals surface area contributed by atoms with Crippen LogP contribution in [0.25, 0.3) is 11.0 Å². The second-order valence-corrected chi connectivity index (χ2v) is 4.91. The van der Waals surface area contributed by atoms with Gasteiger partial charge in [-0.25, -0.2) is 0 Å². The van der Waals surface area contributed by atoms with Crippen LogP contribution in [0.2, 0.25) is 0 Å². The number of para-hydroxylation sites is 2. The maximum absolute atomic E-state index is 12.1. The van der Waals surface area contributed by atoms with E-state index in [1.54, 1.807) is 25.2 Å². The van der Waals surface area contributed by atoms with Gasteiger partial charge in [-0.05, 0) is 18.6 Å². The summed E-state index contributed by atoms with van der Waals surface area (Å²) in [4.78, 5) is 35.7. The smallest absolute Gasteiger partial charge is 0.316 e. The number of carbonyl (C=O) groups excluding carboxylic acids is 1. The highest BCUT2D eigenvalue weighted by atomic mass is 16.2. The summed E-state index contributed by atoms with van der Waals surface area (Å²) in [5.41, 5.74) is 0.158. The fraction of sp³-hybridized carbons (Fsp3) is 0.400. The predicted molar refractivity (Wildman–Crippen MR) is 81.4 cm³/mol. The van der Waals surface area contributed by atoms with Crippen molar-refractivity contribution in [3.8, 4) is 0 Å². The molecule has 0 aliphatic rings. The van der Waals surface area contributed by atoms with Crippen LogP contribution in [0.3, 0.4) is 0 Å². The summed E-state index contributed by atoms with van der Waals surface area (Å²) in [5, 5.41) is 2.76. The summed E-state index contributed by atoms with van der Waals surface area (Å²) < 4.78 is 2.72. The van der Waals surface area contributed by atoms with Crippen molar-refractivity contribution in [2.45, 2.75) is 26.3 Å². The molecule has 2 aromatic rings. The second-order valence-electron chi connectivity index (χ2n) is 4.91. The lowest BCUT2D eigenvalue weighted by Crippen LogP contribution is -2.41. The third kappa shape index (κ3) is 3.04. The monoisotopic (exact) mass is 289 g/mol. The minimum Gasteiger partial charge on any atom is -0.356 e. The molecule has 0 radical (unpaired) electrons. The molecular formula is C15H19N3O3. The number of nitrogens with zero attached hydrogens (tertiary/aromatic N) is 2. The van der Waals surface area contributed by atoms with E-state index in [9.17, 15) is 14.4 Å². The molecule has 0 aliphatic carbocycles. The Balaban J connectivity index is 2.38. The first-order valence-electron chi connectivity index (χ1n) is 7.01. The lowest BCUT2D eigenvalue weighted by Gasteiger charge is -2.12. The first-order chi connectivity index (χ1) is 10.1. The summed E-state index contributed by atoms with van der Waals surface area (Å²) in [6.45, 7) is 2.79. The number of nitrogens with one attached hydrogen (secondary N) is 1. The minimum atomic E-state index is -0.598. The second kappa shape index (κ2) is 6.39. The van der Waals surface area contributed by atoms with Crippen molar-refractivity contribution in [2.75, 3.05) is 6.54 Å². The van der Waals surface area contributed by atoms with E-state index in [-0.39, 0.29) is 18.9 Å². The van der Waals surface area contributed by atoms with Gasteiger partial charge in [-0.15, -0.1) is 0 Å². The highest BCUT2D eigenvalue weighted by Gasteiger charge is 2.11. The Morgan fingerprint density at radius 1 is 1.14 bits per heavy atom. The number of carbonyl (C=O) groups is 1. The van der Waals surface area contributed by atoms with Gasteiger partial charge in [0.15, 0.2) is 0 Å². The van der Waals surface area contributed by atoms with Gasteiger partial charge in [-0.2, -0.15) is 0 Å². The van der Waals surface area contributed by atoms with Crippen LogP contribution < -0.4 is 16.4 Å². The fourth-order valence-corrected chi connectivity index (χ4v) is 2.24. The molecule has 0 atom stereocenters. The fourth-order valence-electron chi connectivity index (χ4n) is 2.24. The maximum Gasteiger partial charge on any atom is 0.316 e. The summed E-state index contributed by atoms with van der Waals surface area (Å²) in [5.74, 6) is -0.117. The standard InChI is InChI=1S/C15H19N3O3/c1-3-9-16-13(19)8-10-18-12-7-5-4-6-11(12)17(2)14(20)15(18)21/h4-7H,3,8-10H2,1-2H3,(H,16,19). The van der Waals surface area contributed by atoms with Crippen molar-refractivity contribution in [3.63, 3.8) is 0 Å². The topological polar surface area (TPSA) is 73.1 Å². The van der Waals surface area contributed by atoms with Gasteiger partial charge in [0.2, 0.25) is 5.91 Å². The van der Waals surface area contributed by atoms with Crippen molar-refractivity contribution in [3.05, 3.63) is 45.0 Å². The van der Waals surface area contributed by atoms with Gasteiger partial charge in [0.25, 0.3) is 0 Å². The minimum absolute atomic E-state index is 0.117. The maximum atomic E-state index is 12.1. The van der Waals surface area contributed by atoms with E-state index in [2.05, 4.69) is 5.32 Å². The number of amides is 1. The van der Waals surface area contributed by atoms with Crippen molar-refractivity contribution < 1.29 is 4.79 Å². The van der Waals surface area contributed by atoms with Gasteiger partial charge in [0.1, 0.15) is 0 Å². The lowest BCUT2D eigenvalue weighted by molar-refractivity contribution is -0.121. The van der Waals surface area contributed by atoms with Crippen LogP contribution in [-0.4, -0.2) is 21.6 Å².